The molecule has 1 saturated carbocycles. The summed E-state index contributed by atoms with van der Waals surface area (Å²) in [5, 5.41) is 3.34. The molecule has 1 heterocycles. The lowest BCUT2D eigenvalue weighted by molar-refractivity contribution is 0.237. The third-order valence-corrected chi connectivity index (χ3v) is 2.88. The summed E-state index contributed by atoms with van der Waals surface area (Å²) in [6.45, 7) is 2.62. The average Bonchev–Trinajstić information content (AvgIpc) is 2.11. The normalized spacial score (nSPS) is 30.7. The van der Waals surface area contributed by atoms with Gasteiger partial charge < -0.3 is 5.32 Å². The van der Waals surface area contributed by atoms with E-state index in [0.717, 1.165) is 11.8 Å². The second-order valence-electron chi connectivity index (χ2n) is 3.46. The van der Waals surface area contributed by atoms with Crippen molar-refractivity contribution >= 4 is 0 Å². The molecular weight excluding hydrogens is 110 g/mol. The number of hydrogen-bond acceptors (Lipinski definition) is 1. The van der Waals surface area contributed by atoms with Crippen molar-refractivity contribution in [2.45, 2.75) is 25.7 Å². The van der Waals surface area contributed by atoms with E-state index in [1.54, 1.807) is 0 Å². The Morgan fingerprint density at radius 1 is 0.889 bits per heavy atom. The van der Waals surface area contributed by atoms with Gasteiger partial charge in [0.25, 0.3) is 0 Å². The first-order valence-corrected chi connectivity index (χ1v) is 4.17. The van der Waals surface area contributed by atoms with Crippen molar-refractivity contribution in [3.63, 3.8) is 0 Å². The van der Waals surface area contributed by atoms with Crippen LogP contribution >= 0.6 is 0 Å². The second-order valence-corrected chi connectivity index (χ2v) is 3.46. The SMILES string of the molecule is C1CCC(C2CNC2)C1. The van der Waals surface area contributed by atoms with Gasteiger partial charge in [0, 0.05) is 0 Å². The molecule has 0 atom stereocenters. The van der Waals surface area contributed by atoms with Crippen LogP contribution in [0.2, 0.25) is 0 Å². The molecule has 1 N–H and O–H groups in total. The zero-order chi connectivity index (χ0) is 6.10. The topological polar surface area (TPSA) is 12.0 Å². The van der Waals surface area contributed by atoms with Gasteiger partial charge in [-0.1, -0.05) is 25.7 Å². The van der Waals surface area contributed by atoms with Crippen molar-refractivity contribution < 1.29 is 0 Å². The van der Waals surface area contributed by atoms with Crippen LogP contribution in [0, 0.1) is 11.8 Å². The lowest BCUT2D eigenvalue weighted by Gasteiger charge is -2.32. The lowest BCUT2D eigenvalue weighted by Crippen LogP contribution is -2.45. The van der Waals surface area contributed by atoms with Gasteiger partial charge in [-0.3, -0.25) is 0 Å². The Hall–Kier alpha value is -0.0400. The molecule has 9 heavy (non-hydrogen) atoms. The van der Waals surface area contributed by atoms with Gasteiger partial charge in [0.15, 0.2) is 0 Å². The van der Waals surface area contributed by atoms with Crippen LogP contribution < -0.4 is 5.32 Å². The van der Waals surface area contributed by atoms with E-state index in [-0.39, 0.29) is 0 Å². The van der Waals surface area contributed by atoms with Crippen molar-refractivity contribution in [3.8, 4) is 0 Å². The van der Waals surface area contributed by atoms with Crippen LogP contribution in [0.3, 0.4) is 0 Å². The predicted molar refractivity (Wildman–Crippen MR) is 38.3 cm³/mol. The number of nitrogens with one attached hydrogen (secondary N) is 1. The minimum atomic E-state index is 1.06. The maximum Gasteiger partial charge on any atom is -0.000559 e. The molecule has 1 aliphatic heterocycles. The summed E-state index contributed by atoms with van der Waals surface area (Å²) in [7, 11) is 0. The van der Waals surface area contributed by atoms with Crippen molar-refractivity contribution in [1.82, 2.24) is 5.32 Å². The first-order valence-electron chi connectivity index (χ1n) is 4.17. The van der Waals surface area contributed by atoms with Gasteiger partial charge in [-0.05, 0) is 24.9 Å². The molecule has 1 nitrogen and oxygen atoms in total. The predicted octanol–water partition coefficient (Wildman–Crippen LogP) is 1.40. The summed E-state index contributed by atoms with van der Waals surface area (Å²) in [6.07, 6.45) is 6.04. The maximum absolute atomic E-state index is 3.34. The van der Waals surface area contributed by atoms with E-state index in [4.69, 9.17) is 0 Å². The highest BCUT2D eigenvalue weighted by molar-refractivity contribution is 4.84. The molecule has 2 rings (SSSR count). The van der Waals surface area contributed by atoms with Crippen LogP contribution in [-0.4, -0.2) is 13.1 Å². The molecular formula is C8H15N. The molecule has 2 fully saturated rings. The standard InChI is InChI=1S/C8H15N/c1-2-4-7(3-1)8-5-9-6-8/h7-9H,1-6H2. The van der Waals surface area contributed by atoms with Crippen molar-refractivity contribution in [2.75, 3.05) is 13.1 Å². The fourth-order valence-electron chi connectivity index (χ4n) is 2.07. The number of hydrogen-bond donors (Lipinski definition) is 1. The van der Waals surface area contributed by atoms with Crippen LogP contribution in [0.15, 0.2) is 0 Å². The zero-order valence-corrected chi connectivity index (χ0v) is 5.90. The third-order valence-electron chi connectivity index (χ3n) is 2.88. The average molecular weight is 125 g/mol. The highest BCUT2D eigenvalue weighted by atomic mass is 14.9. The lowest BCUT2D eigenvalue weighted by atomic mass is 9.86. The second kappa shape index (κ2) is 2.30. The van der Waals surface area contributed by atoms with Crippen LogP contribution in [-0.2, 0) is 0 Å². The van der Waals surface area contributed by atoms with E-state index in [2.05, 4.69) is 5.32 Å². The van der Waals surface area contributed by atoms with Gasteiger partial charge >= 0.3 is 0 Å². The molecule has 0 radical (unpaired) electrons. The molecule has 0 aromatic rings. The molecule has 2 aliphatic rings. The largest absolute Gasteiger partial charge is 0.316 e. The maximum atomic E-state index is 3.34. The molecule has 52 valence electrons. The van der Waals surface area contributed by atoms with Gasteiger partial charge in [-0.15, -0.1) is 0 Å². The minimum absolute atomic E-state index is 1.06. The zero-order valence-electron chi connectivity index (χ0n) is 5.90. The van der Waals surface area contributed by atoms with Gasteiger partial charge in [0.2, 0.25) is 0 Å². The van der Waals surface area contributed by atoms with Gasteiger partial charge in [0.05, 0.1) is 0 Å². The molecule has 0 spiro atoms. The first-order chi connectivity index (χ1) is 4.47. The van der Waals surface area contributed by atoms with E-state index in [1.807, 2.05) is 0 Å². The quantitative estimate of drug-likeness (QED) is 0.558. The van der Waals surface area contributed by atoms with Crippen LogP contribution in [0.25, 0.3) is 0 Å². The Labute approximate surface area is 56.8 Å². The smallest absolute Gasteiger partial charge is 0.000559 e. The van der Waals surface area contributed by atoms with E-state index in [9.17, 15) is 0 Å². The summed E-state index contributed by atoms with van der Waals surface area (Å²) in [5.41, 5.74) is 0. The molecule has 0 bridgehead atoms. The Kier molecular flexibility index (Phi) is 1.46. The molecule has 0 aromatic carbocycles. The van der Waals surface area contributed by atoms with Crippen LogP contribution in [0.1, 0.15) is 25.7 Å². The summed E-state index contributed by atoms with van der Waals surface area (Å²) in [6, 6.07) is 0. The highest BCUT2D eigenvalue weighted by Crippen LogP contribution is 2.32. The Balaban J connectivity index is 1.82. The Morgan fingerprint density at radius 3 is 2.00 bits per heavy atom. The van der Waals surface area contributed by atoms with Crippen molar-refractivity contribution in [3.05, 3.63) is 0 Å². The van der Waals surface area contributed by atoms with Crippen molar-refractivity contribution in [2.24, 2.45) is 11.8 Å². The van der Waals surface area contributed by atoms with Crippen LogP contribution in [0.5, 0.6) is 0 Å². The van der Waals surface area contributed by atoms with E-state index in [1.165, 1.54) is 38.8 Å². The minimum Gasteiger partial charge on any atom is -0.316 e. The van der Waals surface area contributed by atoms with Gasteiger partial charge in [-0.25, -0.2) is 0 Å². The summed E-state index contributed by atoms with van der Waals surface area (Å²) < 4.78 is 0. The Morgan fingerprint density at radius 2 is 1.56 bits per heavy atom. The van der Waals surface area contributed by atoms with Gasteiger partial charge in [0.1, 0.15) is 0 Å². The van der Waals surface area contributed by atoms with Crippen LogP contribution in [0.4, 0.5) is 0 Å². The number of rotatable bonds is 1. The molecule has 0 unspecified atom stereocenters. The molecule has 1 saturated heterocycles. The fraction of sp³-hybridized carbons (Fsp3) is 1.00. The van der Waals surface area contributed by atoms with E-state index in [0.29, 0.717) is 0 Å². The first kappa shape index (κ1) is 5.72. The molecule has 1 heteroatoms. The summed E-state index contributed by atoms with van der Waals surface area (Å²) in [4.78, 5) is 0. The third kappa shape index (κ3) is 0.983. The summed E-state index contributed by atoms with van der Waals surface area (Å²) >= 11 is 0. The molecule has 1 aliphatic carbocycles. The molecule has 0 aromatic heterocycles. The Bertz CT molecular complexity index is 90.7. The van der Waals surface area contributed by atoms with Gasteiger partial charge in [-0.2, -0.15) is 0 Å². The molecule has 0 amide bonds. The highest BCUT2D eigenvalue weighted by Gasteiger charge is 2.28. The van der Waals surface area contributed by atoms with E-state index < -0.39 is 0 Å². The monoisotopic (exact) mass is 125 g/mol. The summed E-state index contributed by atoms with van der Waals surface area (Å²) in [5.74, 6) is 2.17. The van der Waals surface area contributed by atoms with E-state index >= 15 is 0 Å². The van der Waals surface area contributed by atoms with Crippen molar-refractivity contribution in [1.29, 1.82) is 0 Å². The fourth-order valence-corrected chi connectivity index (χ4v) is 2.07.